The molecule has 0 radical (unpaired) electrons. The zero-order valence-electron chi connectivity index (χ0n) is 39.9. The summed E-state index contributed by atoms with van der Waals surface area (Å²) in [6.45, 7) is 35.7. The molecule has 0 amide bonds. The standard InChI is InChI=1S/C46H80N2O16/c1-13-43(49)57-23-19-53-39(9)31-61-35(5)27-47(28-36(6)62-32-40(10)54-20-24-58-44(50)14-2)17-18-48(29-37(7)63-33-41(11)55-21-25-59-45(51)15-3)30-38(8)64-34-42(12)56-22-26-60-46(52)16-4/h13-16,35-42H,1-4,17-34H2,5-12H3. The molecule has 0 aromatic rings. The van der Waals surface area contributed by atoms with E-state index in [4.69, 9.17) is 56.8 Å². The van der Waals surface area contributed by atoms with E-state index in [0.29, 0.717) is 65.7 Å². The van der Waals surface area contributed by atoms with Crippen LogP contribution in [0.25, 0.3) is 0 Å². The van der Waals surface area contributed by atoms with Crippen LogP contribution in [0.15, 0.2) is 50.6 Å². The fraction of sp³-hybridized carbons (Fsp3) is 0.739. The molecular formula is C46H80N2O16. The minimum atomic E-state index is -0.501. The summed E-state index contributed by atoms with van der Waals surface area (Å²) in [5, 5.41) is 0. The molecule has 0 saturated heterocycles. The first-order valence-corrected chi connectivity index (χ1v) is 22.1. The molecule has 0 fully saturated rings. The molecule has 8 unspecified atom stereocenters. The predicted molar refractivity (Wildman–Crippen MR) is 241 cm³/mol. The van der Waals surface area contributed by atoms with Crippen molar-refractivity contribution >= 4 is 23.9 Å². The van der Waals surface area contributed by atoms with Crippen molar-refractivity contribution in [2.75, 3.05) is 119 Å². The summed E-state index contributed by atoms with van der Waals surface area (Å²) in [5.74, 6) is -2.00. The second-order valence-electron chi connectivity index (χ2n) is 15.3. The fourth-order valence-corrected chi connectivity index (χ4v) is 5.66. The molecule has 0 bridgehead atoms. The minimum Gasteiger partial charge on any atom is -0.460 e. The van der Waals surface area contributed by atoms with Crippen molar-refractivity contribution < 1.29 is 76.0 Å². The molecule has 8 atom stereocenters. The quantitative estimate of drug-likeness (QED) is 0.0373. The van der Waals surface area contributed by atoms with Crippen LogP contribution in [0.5, 0.6) is 0 Å². The van der Waals surface area contributed by atoms with Crippen molar-refractivity contribution in [1.82, 2.24) is 9.80 Å². The van der Waals surface area contributed by atoms with Crippen LogP contribution in [0.3, 0.4) is 0 Å². The number of carbonyl (C=O) groups is 4. The molecule has 0 aromatic carbocycles. The highest BCUT2D eigenvalue weighted by Crippen LogP contribution is 2.09. The Morgan fingerprint density at radius 3 is 0.734 bits per heavy atom. The molecule has 0 heterocycles. The second-order valence-corrected chi connectivity index (χ2v) is 15.3. The topological polar surface area (TPSA) is 186 Å². The fourth-order valence-electron chi connectivity index (χ4n) is 5.66. The van der Waals surface area contributed by atoms with Crippen LogP contribution >= 0.6 is 0 Å². The number of rotatable bonds is 43. The van der Waals surface area contributed by atoms with E-state index < -0.39 is 23.9 Å². The highest BCUT2D eigenvalue weighted by Gasteiger charge is 2.21. The third-order valence-electron chi connectivity index (χ3n) is 8.84. The highest BCUT2D eigenvalue weighted by atomic mass is 16.6. The largest absolute Gasteiger partial charge is 0.460 e. The van der Waals surface area contributed by atoms with Gasteiger partial charge in [0.15, 0.2) is 0 Å². The van der Waals surface area contributed by atoms with Crippen molar-refractivity contribution in [3.05, 3.63) is 50.6 Å². The van der Waals surface area contributed by atoms with E-state index in [-0.39, 0.29) is 102 Å². The number of ether oxygens (including phenoxy) is 12. The maximum atomic E-state index is 11.3. The van der Waals surface area contributed by atoms with Gasteiger partial charge in [0.1, 0.15) is 26.4 Å². The molecule has 0 aromatic heterocycles. The number of nitrogens with zero attached hydrogens (tertiary/aromatic N) is 2. The lowest BCUT2D eigenvalue weighted by Gasteiger charge is -2.33. The summed E-state index contributed by atoms with van der Waals surface area (Å²) in [4.78, 5) is 49.9. The summed E-state index contributed by atoms with van der Waals surface area (Å²) in [5.41, 5.74) is 0. The molecule has 18 nitrogen and oxygen atoms in total. The van der Waals surface area contributed by atoms with Crippen LogP contribution < -0.4 is 0 Å². The van der Waals surface area contributed by atoms with Gasteiger partial charge in [-0.15, -0.1) is 0 Å². The third-order valence-corrected chi connectivity index (χ3v) is 8.84. The molecule has 0 saturated carbocycles. The molecule has 0 aliphatic heterocycles. The maximum absolute atomic E-state index is 11.3. The summed E-state index contributed by atoms with van der Waals surface area (Å²) in [6, 6.07) is 0. The van der Waals surface area contributed by atoms with Crippen molar-refractivity contribution in [2.24, 2.45) is 0 Å². The van der Waals surface area contributed by atoms with Crippen molar-refractivity contribution in [2.45, 2.75) is 104 Å². The van der Waals surface area contributed by atoms with Crippen molar-refractivity contribution in [3.8, 4) is 0 Å². The lowest BCUT2D eigenvalue weighted by Crippen LogP contribution is -2.46. The number of hydrogen-bond acceptors (Lipinski definition) is 18. The van der Waals surface area contributed by atoms with Gasteiger partial charge in [-0.2, -0.15) is 0 Å². The van der Waals surface area contributed by atoms with Gasteiger partial charge in [-0.3, -0.25) is 9.80 Å². The molecule has 0 N–H and O–H groups in total. The molecule has 18 heteroatoms. The van der Waals surface area contributed by atoms with E-state index in [0.717, 1.165) is 24.3 Å². The van der Waals surface area contributed by atoms with Gasteiger partial charge < -0.3 is 56.8 Å². The third kappa shape index (κ3) is 35.7. The van der Waals surface area contributed by atoms with E-state index in [2.05, 4.69) is 36.1 Å². The van der Waals surface area contributed by atoms with Gasteiger partial charge in [-0.25, -0.2) is 19.2 Å². The highest BCUT2D eigenvalue weighted by molar-refractivity contribution is 5.82. The van der Waals surface area contributed by atoms with E-state index >= 15 is 0 Å². The monoisotopic (exact) mass is 917 g/mol. The molecule has 64 heavy (non-hydrogen) atoms. The first kappa shape index (κ1) is 60.4. The summed E-state index contributed by atoms with van der Waals surface area (Å²) < 4.78 is 67.9. The van der Waals surface area contributed by atoms with Gasteiger partial charge in [0, 0.05) is 63.6 Å². The van der Waals surface area contributed by atoms with Gasteiger partial charge >= 0.3 is 23.9 Å². The Hall–Kier alpha value is -3.56. The minimum absolute atomic E-state index is 0.121. The number of esters is 4. The Morgan fingerprint density at radius 2 is 0.547 bits per heavy atom. The molecule has 370 valence electrons. The SMILES string of the molecule is C=CC(=O)OCCOC(C)COC(C)CN(CCN(CC(C)OCC(C)OCCOC(=O)C=C)CC(C)OCC(C)OCCOC(=O)C=C)CC(C)OCC(C)OCCOC(=O)C=C. The zero-order chi connectivity index (χ0) is 48.1. The Bertz CT molecular complexity index is 1120. The van der Waals surface area contributed by atoms with Crippen LogP contribution in [0.2, 0.25) is 0 Å². The van der Waals surface area contributed by atoms with Crippen LogP contribution in [0, 0.1) is 0 Å². The van der Waals surface area contributed by atoms with Crippen LogP contribution in [-0.2, 0) is 76.0 Å². The molecule has 0 aliphatic rings. The number of hydrogen-bond donors (Lipinski definition) is 0. The maximum Gasteiger partial charge on any atom is 0.330 e. The van der Waals surface area contributed by atoms with Gasteiger partial charge in [0.25, 0.3) is 0 Å². The second kappa shape index (κ2) is 38.7. The first-order valence-electron chi connectivity index (χ1n) is 22.1. The average Bonchev–Trinajstić information content (AvgIpc) is 3.27. The van der Waals surface area contributed by atoms with E-state index in [1.165, 1.54) is 0 Å². The van der Waals surface area contributed by atoms with Gasteiger partial charge in [-0.05, 0) is 55.4 Å². The van der Waals surface area contributed by atoms with Gasteiger partial charge in [0.2, 0.25) is 0 Å². The van der Waals surface area contributed by atoms with Crippen molar-refractivity contribution in [3.63, 3.8) is 0 Å². The summed E-state index contributed by atoms with van der Waals surface area (Å²) in [7, 11) is 0. The predicted octanol–water partition coefficient (Wildman–Crippen LogP) is 3.75. The van der Waals surface area contributed by atoms with Gasteiger partial charge in [-0.1, -0.05) is 26.3 Å². The van der Waals surface area contributed by atoms with E-state index in [1.54, 1.807) is 0 Å². The first-order chi connectivity index (χ1) is 30.5. The summed E-state index contributed by atoms with van der Waals surface area (Å²) in [6.07, 6.45) is 2.84. The normalized spacial score (nSPS) is 15.2. The van der Waals surface area contributed by atoms with Crippen LogP contribution in [-0.4, -0.2) is 201 Å². The van der Waals surface area contributed by atoms with Gasteiger partial charge in [0.05, 0.1) is 102 Å². The molecular weight excluding hydrogens is 837 g/mol. The van der Waals surface area contributed by atoms with E-state index in [1.807, 2.05) is 55.4 Å². The molecule has 0 aliphatic carbocycles. The lowest BCUT2D eigenvalue weighted by molar-refractivity contribution is -0.141. The Balaban J connectivity index is 5.73. The Morgan fingerprint density at radius 1 is 0.344 bits per heavy atom. The van der Waals surface area contributed by atoms with Crippen LogP contribution in [0.1, 0.15) is 55.4 Å². The lowest BCUT2D eigenvalue weighted by atomic mass is 10.2. The Labute approximate surface area is 382 Å². The molecule has 0 spiro atoms. The van der Waals surface area contributed by atoms with Crippen LogP contribution in [0.4, 0.5) is 0 Å². The van der Waals surface area contributed by atoms with E-state index in [9.17, 15) is 19.2 Å². The van der Waals surface area contributed by atoms with Crippen molar-refractivity contribution in [1.29, 1.82) is 0 Å². The Kier molecular flexibility index (Phi) is 36.5. The zero-order valence-corrected chi connectivity index (χ0v) is 39.9. The molecule has 0 rings (SSSR count). The summed E-state index contributed by atoms with van der Waals surface area (Å²) >= 11 is 0. The number of carbonyl (C=O) groups excluding carboxylic acids is 4. The smallest absolute Gasteiger partial charge is 0.330 e. The average molecular weight is 917 g/mol.